The summed E-state index contributed by atoms with van der Waals surface area (Å²) < 4.78 is 7.47. The minimum Gasteiger partial charge on any atom is -0.481 e. The molecule has 2 aliphatic rings. The molecule has 0 atom stereocenters. The van der Waals surface area contributed by atoms with Gasteiger partial charge in [-0.25, -0.2) is 0 Å². The van der Waals surface area contributed by atoms with Crippen molar-refractivity contribution in [3.05, 3.63) is 30.1 Å². The Balaban J connectivity index is 1.55. The molecule has 3 heterocycles. The number of morpholine rings is 1. The number of aromatic nitrogens is 2. The highest BCUT2D eigenvalue weighted by Crippen LogP contribution is 2.31. The molecular weight excluding hydrogens is 346 g/mol. The number of amides is 1. The molecule has 2 aromatic heterocycles. The third-order valence-corrected chi connectivity index (χ3v) is 5.82. The van der Waals surface area contributed by atoms with Crippen LogP contribution in [0.25, 0.3) is 11.0 Å². The van der Waals surface area contributed by atoms with E-state index >= 15 is 0 Å². The summed E-state index contributed by atoms with van der Waals surface area (Å²) >= 11 is 0. The first-order chi connectivity index (χ1) is 13.1. The minimum absolute atomic E-state index is 0.00957. The summed E-state index contributed by atoms with van der Waals surface area (Å²) in [6.07, 6.45) is 6.93. The Morgan fingerprint density at radius 2 is 1.93 bits per heavy atom. The second-order valence-electron chi connectivity index (χ2n) is 7.53. The standard InChI is InChI=1S/C20H25N3O4/c24-19(22-8-10-27-11-9-22)16-13-23(17-2-1-7-21-18(16)17)12-14-3-5-15(6-4-14)20(25)26/h1-2,7,13-15H,3-6,8-12H2,(H,25,26). The number of fused-ring (bicyclic) bond motifs is 1. The fraction of sp³-hybridized carbons (Fsp3) is 0.550. The summed E-state index contributed by atoms with van der Waals surface area (Å²) in [4.78, 5) is 30.4. The number of rotatable bonds is 4. The van der Waals surface area contributed by atoms with E-state index in [0.29, 0.717) is 37.8 Å². The van der Waals surface area contributed by atoms with Gasteiger partial charge in [-0.05, 0) is 43.7 Å². The van der Waals surface area contributed by atoms with Crippen molar-refractivity contribution in [3.63, 3.8) is 0 Å². The van der Waals surface area contributed by atoms with Gasteiger partial charge in [0, 0.05) is 32.0 Å². The summed E-state index contributed by atoms with van der Waals surface area (Å²) in [5.41, 5.74) is 2.36. The zero-order valence-corrected chi connectivity index (χ0v) is 15.3. The van der Waals surface area contributed by atoms with Gasteiger partial charge in [0.25, 0.3) is 5.91 Å². The number of hydrogen-bond donors (Lipinski definition) is 1. The highest BCUT2D eigenvalue weighted by atomic mass is 16.5. The van der Waals surface area contributed by atoms with Crippen LogP contribution in [0.5, 0.6) is 0 Å². The molecule has 0 radical (unpaired) electrons. The van der Waals surface area contributed by atoms with Gasteiger partial charge in [0.15, 0.2) is 0 Å². The molecule has 0 aromatic carbocycles. The van der Waals surface area contributed by atoms with Crippen LogP contribution >= 0.6 is 0 Å². The van der Waals surface area contributed by atoms with Crippen LogP contribution in [0.2, 0.25) is 0 Å². The van der Waals surface area contributed by atoms with Crippen molar-refractivity contribution >= 4 is 22.9 Å². The lowest BCUT2D eigenvalue weighted by Gasteiger charge is -2.27. The predicted octanol–water partition coefficient (Wildman–Crippen LogP) is 2.40. The Hall–Kier alpha value is -2.41. The monoisotopic (exact) mass is 371 g/mol. The molecule has 4 rings (SSSR count). The van der Waals surface area contributed by atoms with Gasteiger partial charge in [-0.3, -0.25) is 14.6 Å². The first-order valence-corrected chi connectivity index (χ1v) is 9.67. The SMILES string of the molecule is O=C(O)C1CCC(Cn2cc(C(=O)N3CCOCC3)c3ncccc32)CC1. The van der Waals surface area contributed by atoms with Gasteiger partial charge >= 0.3 is 5.97 Å². The maximum Gasteiger partial charge on any atom is 0.306 e. The highest BCUT2D eigenvalue weighted by molar-refractivity contribution is 6.05. The predicted molar refractivity (Wildman–Crippen MR) is 99.5 cm³/mol. The van der Waals surface area contributed by atoms with E-state index in [2.05, 4.69) is 9.55 Å². The molecule has 1 aliphatic carbocycles. The van der Waals surface area contributed by atoms with Crippen molar-refractivity contribution < 1.29 is 19.4 Å². The fourth-order valence-corrected chi connectivity index (χ4v) is 4.24. The van der Waals surface area contributed by atoms with Crippen LogP contribution in [0.15, 0.2) is 24.5 Å². The van der Waals surface area contributed by atoms with E-state index in [-0.39, 0.29) is 11.8 Å². The van der Waals surface area contributed by atoms with E-state index in [1.165, 1.54) is 0 Å². The van der Waals surface area contributed by atoms with Gasteiger partial charge in [0.1, 0.15) is 5.52 Å². The molecular formula is C20H25N3O4. The molecule has 1 N–H and O–H groups in total. The highest BCUT2D eigenvalue weighted by Gasteiger charge is 2.28. The van der Waals surface area contributed by atoms with Crippen molar-refractivity contribution in [2.75, 3.05) is 26.3 Å². The Morgan fingerprint density at radius 1 is 1.19 bits per heavy atom. The number of hydrogen-bond acceptors (Lipinski definition) is 4. The molecule has 2 aromatic rings. The van der Waals surface area contributed by atoms with Gasteiger partial charge in [-0.2, -0.15) is 0 Å². The largest absolute Gasteiger partial charge is 0.481 e. The van der Waals surface area contributed by atoms with Gasteiger partial charge < -0.3 is 19.3 Å². The number of carbonyl (C=O) groups excluding carboxylic acids is 1. The lowest BCUT2D eigenvalue weighted by Crippen LogP contribution is -2.40. The number of carboxylic acid groups (broad SMARTS) is 1. The molecule has 2 fully saturated rings. The molecule has 1 aliphatic heterocycles. The molecule has 7 heteroatoms. The number of carbonyl (C=O) groups is 2. The van der Waals surface area contributed by atoms with Crippen LogP contribution in [-0.4, -0.2) is 57.7 Å². The summed E-state index contributed by atoms with van der Waals surface area (Å²) in [5.74, 6) is -0.441. The number of nitrogens with zero attached hydrogens (tertiary/aromatic N) is 3. The molecule has 1 amide bonds. The average molecular weight is 371 g/mol. The molecule has 0 unspecified atom stereocenters. The lowest BCUT2D eigenvalue weighted by atomic mass is 9.82. The maximum atomic E-state index is 13.0. The second kappa shape index (κ2) is 7.68. The van der Waals surface area contributed by atoms with Gasteiger partial charge in [-0.1, -0.05) is 0 Å². The first-order valence-electron chi connectivity index (χ1n) is 9.67. The summed E-state index contributed by atoms with van der Waals surface area (Å²) in [6, 6.07) is 3.89. The van der Waals surface area contributed by atoms with Crippen LogP contribution < -0.4 is 0 Å². The second-order valence-corrected chi connectivity index (χ2v) is 7.53. The van der Waals surface area contributed by atoms with E-state index in [9.17, 15) is 14.7 Å². The van der Waals surface area contributed by atoms with E-state index in [1.807, 2.05) is 23.2 Å². The number of pyridine rings is 1. The molecule has 1 saturated heterocycles. The van der Waals surface area contributed by atoms with Crippen LogP contribution in [0.1, 0.15) is 36.0 Å². The van der Waals surface area contributed by atoms with E-state index in [4.69, 9.17) is 4.74 Å². The van der Waals surface area contributed by atoms with Crippen LogP contribution in [-0.2, 0) is 16.1 Å². The van der Waals surface area contributed by atoms with Crippen molar-refractivity contribution in [2.45, 2.75) is 32.2 Å². The quantitative estimate of drug-likeness (QED) is 0.892. The fourth-order valence-electron chi connectivity index (χ4n) is 4.24. The smallest absolute Gasteiger partial charge is 0.306 e. The van der Waals surface area contributed by atoms with E-state index < -0.39 is 5.97 Å². The molecule has 27 heavy (non-hydrogen) atoms. The van der Waals surface area contributed by atoms with Crippen molar-refractivity contribution in [1.29, 1.82) is 0 Å². The number of aliphatic carboxylic acids is 1. The van der Waals surface area contributed by atoms with Gasteiger partial charge in [-0.15, -0.1) is 0 Å². The lowest BCUT2D eigenvalue weighted by molar-refractivity contribution is -0.143. The van der Waals surface area contributed by atoms with Gasteiger partial charge in [0.05, 0.1) is 30.2 Å². The summed E-state index contributed by atoms with van der Waals surface area (Å²) in [6.45, 7) is 3.16. The molecule has 0 bridgehead atoms. The minimum atomic E-state index is -0.678. The molecule has 1 saturated carbocycles. The van der Waals surface area contributed by atoms with Crippen molar-refractivity contribution in [1.82, 2.24) is 14.5 Å². The summed E-state index contributed by atoms with van der Waals surface area (Å²) in [7, 11) is 0. The Bertz CT molecular complexity index is 833. The van der Waals surface area contributed by atoms with Crippen molar-refractivity contribution in [2.24, 2.45) is 11.8 Å². The molecule has 7 nitrogen and oxygen atoms in total. The topological polar surface area (TPSA) is 84.7 Å². The summed E-state index contributed by atoms with van der Waals surface area (Å²) in [5, 5.41) is 9.18. The first kappa shape index (κ1) is 18.0. The third-order valence-electron chi connectivity index (χ3n) is 5.82. The third kappa shape index (κ3) is 3.69. The number of ether oxygens (including phenoxy) is 1. The van der Waals surface area contributed by atoms with Crippen LogP contribution in [0.4, 0.5) is 0 Å². The Kier molecular flexibility index (Phi) is 5.11. The number of carboxylic acids is 1. The average Bonchev–Trinajstić information content (AvgIpc) is 3.07. The van der Waals surface area contributed by atoms with Crippen LogP contribution in [0.3, 0.4) is 0 Å². The van der Waals surface area contributed by atoms with E-state index in [1.54, 1.807) is 6.20 Å². The molecule has 0 spiro atoms. The maximum absolute atomic E-state index is 13.0. The van der Waals surface area contributed by atoms with Crippen LogP contribution in [0, 0.1) is 11.8 Å². The Morgan fingerprint density at radius 3 is 2.63 bits per heavy atom. The normalized spacial score (nSPS) is 23.5. The van der Waals surface area contributed by atoms with Crippen molar-refractivity contribution in [3.8, 4) is 0 Å². The van der Waals surface area contributed by atoms with E-state index in [0.717, 1.165) is 43.3 Å². The van der Waals surface area contributed by atoms with Gasteiger partial charge in [0.2, 0.25) is 0 Å². The molecule has 144 valence electrons. The zero-order valence-electron chi connectivity index (χ0n) is 15.3. The zero-order chi connectivity index (χ0) is 18.8. The Labute approximate surface area is 157 Å².